The zero-order chi connectivity index (χ0) is 14.4. The number of thiophene rings is 1. The largest absolute Gasteiger partial charge is 0.480 e. The van der Waals surface area contributed by atoms with E-state index in [1.165, 1.54) is 4.88 Å². The van der Waals surface area contributed by atoms with E-state index in [1.54, 1.807) is 23.1 Å². The molecule has 1 aliphatic heterocycles. The number of aryl methyl sites for hydroxylation is 1. The van der Waals surface area contributed by atoms with Gasteiger partial charge in [-0.05, 0) is 25.1 Å². The van der Waals surface area contributed by atoms with Gasteiger partial charge in [0, 0.05) is 20.9 Å². The zero-order valence-corrected chi connectivity index (χ0v) is 13.6. The van der Waals surface area contributed by atoms with Crippen molar-refractivity contribution in [3.8, 4) is 5.75 Å². The van der Waals surface area contributed by atoms with Crippen LogP contribution < -0.4 is 4.74 Å². The summed E-state index contributed by atoms with van der Waals surface area (Å²) in [5, 5.41) is 1.43. The molecule has 4 rings (SSSR count). The number of nitrogens with zero attached hydrogens (tertiary/aromatic N) is 2. The van der Waals surface area contributed by atoms with E-state index >= 15 is 0 Å². The minimum absolute atomic E-state index is 0.158. The number of aromatic nitrogens is 2. The van der Waals surface area contributed by atoms with Gasteiger partial charge in [-0.25, -0.2) is 9.97 Å². The van der Waals surface area contributed by atoms with Crippen LogP contribution in [0.2, 0.25) is 5.15 Å². The van der Waals surface area contributed by atoms with Crippen molar-refractivity contribution in [2.45, 2.75) is 17.9 Å². The van der Waals surface area contributed by atoms with Gasteiger partial charge in [-0.1, -0.05) is 23.7 Å². The molecule has 2 aromatic heterocycles. The predicted octanol–water partition coefficient (Wildman–Crippen LogP) is 4.88. The Morgan fingerprint density at radius 2 is 2.14 bits per heavy atom. The van der Waals surface area contributed by atoms with Crippen molar-refractivity contribution in [3.63, 3.8) is 0 Å². The Kier molecular flexibility index (Phi) is 3.28. The molecule has 1 aliphatic rings. The van der Waals surface area contributed by atoms with Crippen LogP contribution in [0.25, 0.3) is 10.2 Å². The summed E-state index contributed by atoms with van der Waals surface area (Å²) in [4.78, 5) is 12.3. The van der Waals surface area contributed by atoms with Gasteiger partial charge in [-0.3, -0.25) is 0 Å². The van der Waals surface area contributed by atoms with Crippen LogP contribution in [-0.2, 0) is 0 Å². The third-order valence-corrected chi connectivity index (χ3v) is 5.63. The van der Waals surface area contributed by atoms with Gasteiger partial charge >= 0.3 is 0 Å². The summed E-state index contributed by atoms with van der Waals surface area (Å²) in [7, 11) is 0. The second-order valence-electron chi connectivity index (χ2n) is 4.81. The summed E-state index contributed by atoms with van der Waals surface area (Å²) in [6, 6.07) is 10.1. The quantitative estimate of drug-likeness (QED) is 0.594. The van der Waals surface area contributed by atoms with E-state index < -0.39 is 0 Å². The average Bonchev–Trinajstić information content (AvgIpc) is 2.88. The minimum Gasteiger partial charge on any atom is -0.480 e. The van der Waals surface area contributed by atoms with Crippen molar-refractivity contribution in [1.82, 2.24) is 9.97 Å². The lowest BCUT2D eigenvalue weighted by molar-refractivity contribution is 0.211. The second kappa shape index (κ2) is 5.16. The summed E-state index contributed by atoms with van der Waals surface area (Å²) in [6.45, 7) is 2.05. The van der Waals surface area contributed by atoms with Crippen LogP contribution in [0, 0.1) is 6.92 Å². The molecule has 0 radical (unpaired) electrons. The summed E-state index contributed by atoms with van der Waals surface area (Å²) < 4.78 is 6.03. The molecule has 0 spiro atoms. The zero-order valence-electron chi connectivity index (χ0n) is 11.2. The average molecular weight is 335 g/mol. The fraction of sp³-hybridized carbons (Fsp3) is 0.200. The summed E-state index contributed by atoms with van der Waals surface area (Å²) in [5.41, 5.74) is 0. The number of benzene rings is 1. The second-order valence-corrected chi connectivity index (χ2v) is 7.47. The maximum Gasteiger partial charge on any atom is 0.173 e. The molecule has 1 unspecified atom stereocenters. The Labute approximate surface area is 135 Å². The van der Waals surface area contributed by atoms with Crippen LogP contribution >= 0.6 is 34.7 Å². The summed E-state index contributed by atoms with van der Waals surface area (Å²) in [5.74, 6) is 2.35. The molecule has 106 valence electrons. The molecule has 0 amide bonds. The van der Waals surface area contributed by atoms with Gasteiger partial charge < -0.3 is 4.74 Å². The Hall–Kier alpha value is -1.30. The number of hydrogen-bond acceptors (Lipinski definition) is 5. The van der Waals surface area contributed by atoms with E-state index in [-0.39, 0.29) is 6.10 Å². The highest BCUT2D eigenvalue weighted by Gasteiger charge is 2.25. The topological polar surface area (TPSA) is 35.0 Å². The first-order valence-corrected chi connectivity index (χ1v) is 8.71. The Morgan fingerprint density at radius 1 is 1.29 bits per heavy atom. The van der Waals surface area contributed by atoms with Crippen LogP contribution in [0.1, 0.15) is 16.8 Å². The van der Waals surface area contributed by atoms with E-state index in [9.17, 15) is 0 Å². The molecule has 3 heterocycles. The van der Waals surface area contributed by atoms with E-state index in [0.717, 1.165) is 26.6 Å². The maximum atomic E-state index is 6.29. The molecular formula is C15H11ClN2OS2. The van der Waals surface area contributed by atoms with Crippen LogP contribution in [0.3, 0.4) is 0 Å². The molecule has 0 fully saturated rings. The van der Waals surface area contributed by atoms with Gasteiger partial charge in [-0.15, -0.1) is 23.1 Å². The van der Waals surface area contributed by atoms with Gasteiger partial charge in [0.1, 0.15) is 15.7 Å². The molecule has 3 nitrogen and oxygen atoms in total. The van der Waals surface area contributed by atoms with Crippen LogP contribution in [0.5, 0.6) is 5.75 Å². The fourth-order valence-electron chi connectivity index (χ4n) is 2.31. The number of thioether (sulfide) groups is 1. The number of para-hydroxylation sites is 1. The molecule has 0 saturated heterocycles. The molecule has 1 aromatic carbocycles. The number of hydrogen-bond donors (Lipinski definition) is 0. The fourth-order valence-corrected chi connectivity index (χ4v) is 4.47. The molecular weight excluding hydrogens is 324 g/mol. The Balaban J connectivity index is 1.74. The molecule has 6 heteroatoms. The first-order valence-electron chi connectivity index (χ1n) is 6.53. The highest BCUT2D eigenvalue weighted by molar-refractivity contribution is 7.99. The number of ether oxygens (including phenoxy) is 1. The maximum absolute atomic E-state index is 6.29. The molecule has 0 bridgehead atoms. The molecule has 0 aliphatic carbocycles. The monoisotopic (exact) mass is 334 g/mol. The number of halogens is 1. The van der Waals surface area contributed by atoms with Crippen molar-refractivity contribution in [2.24, 2.45) is 0 Å². The van der Waals surface area contributed by atoms with Crippen molar-refractivity contribution >= 4 is 44.9 Å². The van der Waals surface area contributed by atoms with Gasteiger partial charge in [0.15, 0.2) is 11.9 Å². The van der Waals surface area contributed by atoms with E-state index in [0.29, 0.717) is 11.0 Å². The highest BCUT2D eigenvalue weighted by atomic mass is 35.5. The smallest absolute Gasteiger partial charge is 0.173 e. The standard InChI is InChI=1S/C15H11ClN2OS2/c1-8-6-9-13(16)17-14(18-15(9)21-8)11-7-20-12-5-3-2-4-10(12)19-11/h2-6,11H,7H2,1H3. The lowest BCUT2D eigenvalue weighted by atomic mass is 10.3. The van der Waals surface area contributed by atoms with Crippen molar-refractivity contribution in [3.05, 3.63) is 46.2 Å². The molecule has 1 atom stereocenters. The van der Waals surface area contributed by atoms with E-state index in [4.69, 9.17) is 16.3 Å². The number of fused-ring (bicyclic) bond motifs is 2. The SMILES string of the molecule is Cc1cc2c(Cl)nc(C3CSc4ccccc4O3)nc2s1. The lowest BCUT2D eigenvalue weighted by Crippen LogP contribution is -2.17. The molecule has 3 aromatic rings. The third kappa shape index (κ3) is 2.39. The van der Waals surface area contributed by atoms with Gasteiger partial charge in [-0.2, -0.15) is 0 Å². The first-order chi connectivity index (χ1) is 10.2. The third-order valence-electron chi connectivity index (χ3n) is 3.28. The van der Waals surface area contributed by atoms with Gasteiger partial charge in [0.05, 0.1) is 0 Å². The Morgan fingerprint density at radius 3 is 3.05 bits per heavy atom. The molecule has 0 saturated carbocycles. The highest BCUT2D eigenvalue weighted by Crippen LogP contribution is 2.40. The normalized spacial score (nSPS) is 17.5. The van der Waals surface area contributed by atoms with Gasteiger partial charge in [0.25, 0.3) is 0 Å². The molecule has 0 N–H and O–H groups in total. The van der Waals surface area contributed by atoms with Gasteiger partial charge in [0.2, 0.25) is 0 Å². The minimum atomic E-state index is -0.158. The van der Waals surface area contributed by atoms with E-state index in [2.05, 4.69) is 16.0 Å². The number of rotatable bonds is 1. The van der Waals surface area contributed by atoms with Crippen LogP contribution in [-0.4, -0.2) is 15.7 Å². The first kappa shape index (κ1) is 13.4. The van der Waals surface area contributed by atoms with Crippen molar-refractivity contribution < 1.29 is 4.74 Å². The van der Waals surface area contributed by atoms with E-state index in [1.807, 2.05) is 31.2 Å². The molecule has 21 heavy (non-hydrogen) atoms. The summed E-state index contributed by atoms with van der Waals surface area (Å²) >= 11 is 9.68. The van der Waals surface area contributed by atoms with Crippen LogP contribution in [0.4, 0.5) is 0 Å². The Bertz CT molecular complexity index is 834. The summed E-state index contributed by atoms with van der Waals surface area (Å²) in [6.07, 6.45) is -0.158. The van der Waals surface area contributed by atoms with Crippen molar-refractivity contribution in [1.29, 1.82) is 0 Å². The predicted molar refractivity (Wildman–Crippen MR) is 87.7 cm³/mol. The lowest BCUT2D eigenvalue weighted by Gasteiger charge is -2.24. The van der Waals surface area contributed by atoms with Crippen LogP contribution in [0.15, 0.2) is 35.2 Å². The van der Waals surface area contributed by atoms with Crippen molar-refractivity contribution in [2.75, 3.05) is 5.75 Å².